The zero-order valence-electron chi connectivity index (χ0n) is 11.3. The molecule has 1 atom stereocenters. The van der Waals surface area contributed by atoms with Gasteiger partial charge in [0.1, 0.15) is 6.04 Å². The standard InChI is InChI=1S/C12H14N2O6S/c1-20-12(15)11-3-2-8-13(11)21(18,19)10-6-4-9(5-7-10)14(16)17/h4-7,11H,2-3,8H2,1H3/t11-/m1/s1. The molecule has 0 unspecified atom stereocenters. The molecule has 21 heavy (non-hydrogen) atoms. The molecule has 114 valence electrons. The number of sulfonamides is 1. The summed E-state index contributed by atoms with van der Waals surface area (Å²) >= 11 is 0. The highest BCUT2D eigenvalue weighted by atomic mass is 32.2. The van der Waals surface area contributed by atoms with Crippen LogP contribution in [0.15, 0.2) is 29.2 Å². The Morgan fingerprint density at radius 1 is 1.38 bits per heavy atom. The number of carbonyl (C=O) groups is 1. The third-order valence-electron chi connectivity index (χ3n) is 3.33. The molecule has 1 heterocycles. The van der Waals surface area contributed by atoms with Crippen molar-refractivity contribution in [1.82, 2.24) is 4.31 Å². The number of carbonyl (C=O) groups excluding carboxylic acids is 1. The first-order valence-corrected chi connectivity index (χ1v) is 7.66. The summed E-state index contributed by atoms with van der Waals surface area (Å²) < 4.78 is 30.7. The summed E-state index contributed by atoms with van der Waals surface area (Å²) in [6.45, 7) is 0.221. The molecule has 0 radical (unpaired) electrons. The van der Waals surface area contributed by atoms with Gasteiger partial charge in [0.05, 0.1) is 16.9 Å². The fourth-order valence-electron chi connectivity index (χ4n) is 2.27. The van der Waals surface area contributed by atoms with Crippen LogP contribution < -0.4 is 0 Å². The molecule has 1 aliphatic rings. The second-order valence-corrected chi connectivity index (χ2v) is 6.44. The molecular formula is C12H14N2O6S. The molecule has 0 saturated carbocycles. The lowest BCUT2D eigenvalue weighted by molar-refractivity contribution is -0.384. The van der Waals surface area contributed by atoms with E-state index in [-0.39, 0.29) is 17.1 Å². The summed E-state index contributed by atoms with van der Waals surface area (Å²) in [5.41, 5.74) is -0.195. The van der Waals surface area contributed by atoms with E-state index in [1.54, 1.807) is 0 Å². The average Bonchev–Trinajstić information content (AvgIpc) is 2.96. The summed E-state index contributed by atoms with van der Waals surface area (Å²) in [5.74, 6) is -0.599. The summed E-state index contributed by atoms with van der Waals surface area (Å²) in [4.78, 5) is 21.5. The van der Waals surface area contributed by atoms with Crippen LogP contribution in [0, 0.1) is 10.1 Å². The predicted octanol–water partition coefficient (Wildman–Crippen LogP) is 0.921. The van der Waals surface area contributed by atoms with E-state index in [4.69, 9.17) is 0 Å². The highest BCUT2D eigenvalue weighted by Crippen LogP contribution is 2.27. The van der Waals surface area contributed by atoms with Crippen LogP contribution >= 0.6 is 0 Å². The van der Waals surface area contributed by atoms with Gasteiger partial charge in [-0.15, -0.1) is 0 Å². The van der Waals surface area contributed by atoms with Crippen LogP contribution in [0.1, 0.15) is 12.8 Å². The Bertz CT molecular complexity index is 655. The van der Waals surface area contributed by atoms with Crippen molar-refractivity contribution in [3.63, 3.8) is 0 Å². The quantitative estimate of drug-likeness (QED) is 0.464. The second-order valence-electron chi connectivity index (χ2n) is 4.55. The van der Waals surface area contributed by atoms with Crippen LogP contribution in [0.5, 0.6) is 0 Å². The Balaban J connectivity index is 2.32. The molecule has 2 rings (SSSR count). The molecule has 0 amide bonds. The minimum absolute atomic E-state index is 0.0797. The number of esters is 1. The van der Waals surface area contributed by atoms with Gasteiger partial charge in [-0.05, 0) is 25.0 Å². The van der Waals surface area contributed by atoms with E-state index in [0.29, 0.717) is 12.8 Å². The number of rotatable bonds is 4. The third kappa shape index (κ3) is 2.88. The van der Waals surface area contributed by atoms with Crippen LogP contribution in [-0.2, 0) is 19.6 Å². The summed E-state index contributed by atoms with van der Waals surface area (Å²) in [5, 5.41) is 10.6. The Morgan fingerprint density at radius 3 is 2.52 bits per heavy atom. The molecule has 1 aromatic rings. The number of hydrogen-bond donors (Lipinski definition) is 0. The zero-order valence-corrected chi connectivity index (χ0v) is 12.1. The van der Waals surface area contributed by atoms with Crippen molar-refractivity contribution in [2.45, 2.75) is 23.8 Å². The van der Waals surface area contributed by atoms with Gasteiger partial charge in [-0.3, -0.25) is 14.9 Å². The maximum absolute atomic E-state index is 12.5. The summed E-state index contributed by atoms with van der Waals surface area (Å²) in [6.07, 6.45) is 0.963. The second kappa shape index (κ2) is 5.78. The molecule has 0 spiro atoms. The van der Waals surface area contributed by atoms with Gasteiger partial charge in [0, 0.05) is 18.7 Å². The maximum Gasteiger partial charge on any atom is 0.324 e. The molecule has 1 saturated heterocycles. The Hall–Kier alpha value is -2.00. The molecule has 1 aromatic carbocycles. The van der Waals surface area contributed by atoms with Crippen molar-refractivity contribution in [3.05, 3.63) is 34.4 Å². The first-order valence-electron chi connectivity index (χ1n) is 6.22. The van der Waals surface area contributed by atoms with Gasteiger partial charge in [0.15, 0.2) is 0 Å². The van der Waals surface area contributed by atoms with Crippen LogP contribution in [-0.4, -0.2) is 43.3 Å². The Labute approximate surface area is 121 Å². The van der Waals surface area contributed by atoms with Crippen LogP contribution in [0.3, 0.4) is 0 Å². The number of hydrogen-bond acceptors (Lipinski definition) is 6. The average molecular weight is 314 g/mol. The minimum atomic E-state index is -3.88. The molecule has 0 bridgehead atoms. The number of non-ortho nitro benzene ring substituents is 1. The van der Waals surface area contributed by atoms with Gasteiger partial charge in [0.2, 0.25) is 10.0 Å². The van der Waals surface area contributed by atoms with Gasteiger partial charge >= 0.3 is 5.97 Å². The molecule has 8 nitrogen and oxygen atoms in total. The first-order chi connectivity index (χ1) is 9.87. The van der Waals surface area contributed by atoms with Crippen LogP contribution in [0.25, 0.3) is 0 Å². The molecule has 0 aromatic heterocycles. The molecular weight excluding hydrogens is 300 g/mol. The fraction of sp³-hybridized carbons (Fsp3) is 0.417. The first kappa shape index (κ1) is 15.4. The van der Waals surface area contributed by atoms with Crippen LogP contribution in [0.4, 0.5) is 5.69 Å². The molecule has 0 aliphatic carbocycles. The number of nitrogens with zero attached hydrogens (tertiary/aromatic N) is 2. The largest absolute Gasteiger partial charge is 0.468 e. The third-order valence-corrected chi connectivity index (χ3v) is 5.25. The van der Waals surface area contributed by atoms with Crippen molar-refractivity contribution in [2.24, 2.45) is 0 Å². The highest BCUT2D eigenvalue weighted by molar-refractivity contribution is 7.89. The number of nitro groups is 1. The lowest BCUT2D eigenvalue weighted by Crippen LogP contribution is -2.40. The van der Waals surface area contributed by atoms with E-state index in [9.17, 15) is 23.3 Å². The van der Waals surface area contributed by atoms with E-state index in [0.717, 1.165) is 16.4 Å². The normalized spacial score (nSPS) is 19.4. The van der Waals surface area contributed by atoms with Crippen molar-refractivity contribution in [1.29, 1.82) is 0 Å². The molecule has 1 aliphatic heterocycles. The fourth-order valence-corrected chi connectivity index (χ4v) is 3.92. The SMILES string of the molecule is COC(=O)[C@H]1CCCN1S(=O)(=O)c1ccc([N+](=O)[O-])cc1. The Kier molecular flexibility index (Phi) is 4.24. The van der Waals surface area contributed by atoms with Crippen molar-refractivity contribution in [2.75, 3.05) is 13.7 Å². The van der Waals surface area contributed by atoms with Crippen LogP contribution in [0.2, 0.25) is 0 Å². The van der Waals surface area contributed by atoms with Gasteiger partial charge in [-0.1, -0.05) is 0 Å². The monoisotopic (exact) mass is 314 g/mol. The number of methoxy groups -OCH3 is 1. The lowest BCUT2D eigenvalue weighted by atomic mass is 10.2. The van der Waals surface area contributed by atoms with Crippen molar-refractivity contribution in [3.8, 4) is 0 Å². The van der Waals surface area contributed by atoms with E-state index in [1.165, 1.54) is 19.2 Å². The number of benzene rings is 1. The van der Waals surface area contributed by atoms with Gasteiger partial charge in [-0.25, -0.2) is 8.42 Å². The van der Waals surface area contributed by atoms with Gasteiger partial charge in [-0.2, -0.15) is 4.31 Å². The van der Waals surface area contributed by atoms with E-state index in [2.05, 4.69) is 4.74 Å². The predicted molar refractivity (Wildman–Crippen MR) is 72.0 cm³/mol. The topological polar surface area (TPSA) is 107 Å². The van der Waals surface area contributed by atoms with Crippen molar-refractivity contribution < 1.29 is 22.9 Å². The Morgan fingerprint density at radius 2 is 2.00 bits per heavy atom. The van der Waals surface area contributed by atoms with Gasteiger partial charge < -0.3 is 4.74 Å². The van der Waals surface area contributed by atoms with E-state index in [1.807, 2.05) is 0 Å². The van der Waals surface area contributed by atoms with Crippen molar-refractivity contribution >= 4 is 21.7 Å². The molecule has 9 heteroatoms. The number of ether oxygens (including phenoxy) is 1. The summed E-state index contributed by atoms with van der Waals surface area (Å²) in [7, 11) is -2.67. The van der Waals surface area contributed by atoms with E-state index < -0.39 is 27.0 Å². The zero-order chi connectivity index (χ0) is 15.6. The van der Waals surface area contributed by atoms with E-state index >= 15 is 0 Å². The lowest BCUT2D eigenvalue weighted by Gasteiger charge is -2.21. The smallest absolute Gasteiger partial charge is 0.324 e. The number of nitro benzene ring substituents is 1. The highest BCUT2D eigenvalue weighted by Gasteiger charge is 2.40. The van der Waals surface area contributed by atoms with Gasteiger partial charge in [0.25, 0.3) is 5.69 Å². The summed E-state index contributed by atoms with van der Waals surface area (Å²) in [6, 6.07) is 3.74. The molecule has 0 N–H and O–H groups in total. The molecule has 1 fully saturated rings. The minimum Gasteiger partial charge on any atom is -0.468 e. The maximum atomic E-state index is 12.5.